The standard InChI is InChI=1S/C18H20O2S/c1-3-5-11-7-17-13(9-15(11)19)14-10-16(20)12(6-4-2)8-18(14)21-17/h7-10,19-20H,3-6H2,1-2H3. The Morgan fingerprint density at radius 1 is 0.762 bits per heavy atom. The van der Waals surface area contributed by atoms with Crippen molar-refractivity contribution in [2.45, 2.75) is 39.5 Å². The maximum absolute atomic E-state index is 10.2. The number of rotatable bonds is 4. The lowest BCUT2D eigenvalue weighted by molar-refractivity contribution is 0.467. The first-order valence-corrected chi connectivity index (χ1v) is 8.35. The molecule has 0 bridgehead atoms. The third kappa shape index (κ3) is 2.46. The Balaban J connectivity index is 2.24. The van der Waals surface area contributed by atoms with Crippen LogP contribution >= 0.6 is 11.3 Å². The van der Waals surface area contributed by atoms with E-state index in [-0.39, 0.29) is 0 Å². The largest absolute Gasteiger partial charge is 0.508 e. The number of hydrogen-bond acceptors (Lipinski definition) is 3. The summed E-state index contributed by atoms with van der Waals surface area (Å²) < 4.78 is 2.36. The van der Waals surface area contributed by atoms with E-state index >= 15 is 0 Å². The van der Waals surface area contributed by atoms with Crippen LogP contribution in [0.5, 0.6) is 11.5 Å². The molecule has 21 heavy (non-hydrogen) atoms. The smallest absolute Gasteiger partial charge is 0.119 e. The van der Waals surface area contributed by atoms with Crippen molar-refractivity contribution in [2.24, 2.45) is 0 Å². The van der Waals surface area contributed by atoms with E-state index in [4.69, 9.17) is 0 Å². The van der Waals surface area contributed by atoms with Crippen LogP contribution in [0.3, 0.4) is 0 Å². The molecule has 0 spiro atoms. The molecule has 0 atom stereocenters. The van der Waals surface area contributed by atoms with Crippen molar-refractivity contribution in [3.8, 4) is 11.5 Å². The van der Waals surface area contributed by atoms with Crippen molar-refractivity contribution in [1.82, 2.24) is 0 Å². The number of benzene rings is 2. The van der Waals surface area contributed by atoms with Crippen LogP contribution in [0.1, 0.15) is 37.8 Å². The van der Waals surface area contributed by atoms with Crippen molar-refractivity contribution in [2.75, 3.05) is 0 Å². The summed E-state index contributed by atoms with van der Waals surface area (Å²) in [5, 5.41) is 22.4. The number of aryl methyl sites for hydroxylation is 2. The Morgan fingerprint density at radius 2 is 1.19 bits per heavy atom. The molecule has 3 heteroatoms. The molecule has 0 amide bonds. The first kappa shape index (κ1) is 14.2. The minimum Gasteiger partial charge on any atom is -0.508 e. The molecule has 0 fully saturated rings. The lowest BCUT2D eigenvalue weighted by Gasteiger charge is -2.04. The summed E-state index contributed by atoms with van der Waals surface area (Å²) in [6.45, 7) is 4.23. The predicted octanol–water partition coefficient (Wildman–Crippen LogP) is 5.37. The van der Waals surface area contributed by atoms with E-state index in [1.165, 1.54) is 9.40 Å². The van der Waals surface area contributed by atoms with Gasteiger partial charge in [0.25, 0.3) is 0 Å². The lowest BCUT2D eigenvalue weighted by atomic mass is 10.0. The van der Waals surface area contributed by atoms with Crippen LogP contribution < -0.4 is 0 Å². The number of phenolic OH excluding ortho intramolecular Hbond substituents is 2. The summed E-state index contributed by atoms with van der Waals surface area (Å²) in [5.74, 6) is 0.724. The molecule has 0 aliphatic heterocycles. The van der Waals surface area contributed by atoms with Gasteiger partial charge in [0.05, 0.1) is 0 Å². The summed E-state index contributed by atoms with van der Waals surface area (Å²) >= 11 is 1.74. The molecule has 2 nitrogen and oxygen atoms in total. The van der Waals surface area contributed by atoms with Gasteiger partial charge in [0, 0.05) is 20.2 Å². The first-order valence-electron chi connectivity index (χ1n) is 7.54. The van der Waals surface area contributed by atoms with E-state index < -0.39 is 0 Å². The van der Waals surface area contributed by atoms with Gasteiger partial charge in [-0.25, -0.2) is 0 Å². The van der Waals surface area contributed by atoms with Crippen LogP contribution in [0.2, 0.25) is 0 Å². The number of phenols is 2. The molecule has 0 aliphatic rings. The molecule has 0 saturated heterocycles. The average Bonchev–Trinajstić information content (AvgIpc) is 2.77. The van der Waals surface area contributed by atoms with Crippen LogP contribution in [0.4, 0.5) is 0 Å². The van der Waals surface area contributed by atoms with Gasteiger partial charge >= 0.3 is 0 Å². The number of aromatic hydroxyl groups is 2. The van der Waals surface area contributed by atoms with Gasteiger partial charge in [-0.1, -0.05) is 26.7 Å². The van der Waals surface area contributed by atoms with Gasteiger partial charge in [-0.15, -0.1) is 11.3 Å². The van der Waals surface area contributed by atoms with E-state index in [9.17, 15) is 10.2 Å². The second kappa shape index (κ2) is 5.57. The maximum Gasteiger partial charge on any atom is 0.119 e. The zero-order chi connectivity index (χ0) is 15.0. The Labute approximate surface area is 128 Å². The van der Waals surface area contributed by atoms with E-state index in [2.05, 4.69) is 26.0 Å². The van der Waals surface area contributed by atoms with E-state index in [0.29, 0.717) is 11.5 Å². The fourth-order valence-electron chi connectivity index (χ4n) is 2.87. The molecule has 110 valence electrons. The second-order valence-corrected chi connectivity index (χ2v) is 6.64. The van der Waals surface area contributed by atoms with Crippen molar-refractivity contribution in [1.29, 1.82) is 0 Å². The van der Waals surface area contributed by atoms with Gasteiger partial charge < -0.3 is 10.2 Å². The summed E-state index contributed by atoms with van der Waals surface area (Å²) in [5.41, 5.74) is 2.02. The predicted molar refractivity (Wildman–Crippen MR) is 90.7 cm³/mol. The quantitative estimate of drug-likeness (QED) is 0.680. The minimum absolute atomic E-state index is 0.362. The molecule has 0 unspecified atom stereocenters. The van der Waals surface area contributed by atoms with E-state index in [1.807, 2.05) is 12.1 Å². The van der Waals surface area contributed by atoms with Crippen molar-refractivity contribution < 1.29 is 10.2 Å². The summed E-state index contributed by atoms with van der Waals surface area (Å²) in [7, 11) is 0. The topological polar surface area (TPSA) is 40.5 Å². The van der Waals surface area contributed by atoms with Crippen LogP contribution in [-0.4, -0.2) is 10.2 Å². The Kier molecular flexibility index (Phi) is 3.77. The molecule has 0 saturated carbocycles. The van der Waals surface area contributed by atoms with Crippen LogP contribution in [-0.2, 0) is 12.8 Å². The summed E-state index contributed by atoms with van der Waals surface area (Å²) in [4.78, 5) is 0. The minimum atomic E-state index is 0.362. The molecular formula is C18H20O2S. The molecule has 1 aromatic heterocycles. The maximum atomic E-state index is 10.2. The van der Waals surface area contributed by atoms with Crippen LogP contribution in [0, 0.1) is 0 Å². The Morgan fingerprint density at radius 3 is 1.57 bits per heavy atom. The molecule has 3 rings (SSSR count). The van der Waals surface area contributed by atoms with Crippen molar-refractivity contribution >= 4 is 31.5 Å². The fourth-order valence-corrected chi connectivity index (χ4v) is 4.07. The molecule has 1 heterocycles. The van der Waals surface area contributed by atoms with Gasteiger partial charge in [-0.3, -0.25) is 0 Å². The second-order valence-electron chi connectivity index (χ2n) is 5.56. The third-order valence-electron chi connectivity index (χ3n) is 3.91. The number of thiophene rings is 1. The van der Waals surface area contributed by atoms with Gasteiger partial charge in [0.15, 0.2) is 0 Å². The normalized spacial score (nSPS) is 11.5. The van der Waals surface area contributed by atoms with Crippen LogP contribution in [0.15, 0.2) is 24.3 Å². The lowest BCUT2D eigenvalue weighted by Crippen LogP contribution is -1.84. The SMILES string of the molecule is CCCc1cc2sc3cc(CCC)c(O)cc3c2cc1O. The summed E-state index contributed by atoms with van der Waals surface area (Å²) in [6.07, 6.45) is 3.82. The summed E-state index contributed by atoms with van der Waals surface area (Å²) in [6, 6.07) is 7.88. The highest BCUT2D eigenvalue weighted by Crippen LogP contribution is 2.40. The molecule has 2 aromatic carbocycles. The van der Waals surface area contributed by atoms with Gasteiger partial charge in [0.2, 0.25) is 0 Å². The highest BCUT2D eigenvalue weighted by Gasteiger charge is 2.12. The van der Waals surface area contributed by atoms with Gasteiger partial charge in [0.1, 0.15) is 11.5 Å². The first-order chi connectivity index (χ1) is 10.1. The molecule has 2 N–H and O–H groups in total. The molecule has 3 aromatic rings. The Hall–Kier alpha value is -1.74. The third-order valence-corrected chi connectivity index (χ3v) is 5.03. The van der Waals surface area contributed by atoms with Gasteiger partial charge in [-0.2, -0.15) is 0 Å². The van der Waals surface area contributed by atoms with E-state index in [0.717, 1.165) is 47.6 Å². The zero-order valence-electron chi connectivity index (χ0n) is 12.4. The number of fused-ring (bicyclic) bond motifs is 3. The fraction of sp³-hybridized carbons (Fsp3) is 0.333. The zero-order valence-corrected chi connectivity index (χ0v) is 13.3. The monoisotopic (exact) mass is 300 g/mol. The Bertz CT molecular complexity index is 736. The van der Waals surface area contributed by atoms with Crippen LogP contribution in [0.25, 0.3) is 20.2 Å². The highest BCUT2D eigenvalue weighted by molar-refractivity contribution is 7.25. The van der Waals surface area contributed by atoms with Crippen molar-refractivity contribution in [3.63, 3.8) is 0 Å². The number of hydrogen-bond donors (Lipinski definition) is 2. The molecular weight excluding hydrogens is 280 g/mol. The highest BCUT2D eigenvalue weighted by atomic mass is 32.1. The van der Waals surface area contributed by atoms with Gasteiger partial charge in [-0.05, 0) is 48.2 Å². The molecule has 0 aliphatic carbocycles. The average molecular weight is 300 g/mol. The van der Waals surface area contributed by atoms with E-state index in [1.54, 1.807) is 11.3 Å². The molecule has 0 radical (unpaired) electrons. The van der Waals surface area contributed by atoms with Crippen molar-refractivity contribution in [3.05, 3.63) is 35.4 Å².